The molecule has 0 saturated heterocycles. The minimum atomic E-state index is -3.02. The van der Waals surface area contributed by atoms with Crippen LogP contribution in [0.5, 0.6) is 5.75 Å². The van der Waals surface area contributed by atoms with Gasteiger partial charge in [-0.3, -0.25) is 0 Å². The fraction of sp³-hybridized carbons (Fsp3) is 0.167. The number of hydrogen-bond acceptors (Lipinski definition) is 3. The van der Waals surface area contributed by atoms with Crippen molar-refractivity contribution >= 4 is 17.0 Å². The fourth-order valence-corrected chi connectivity index (χ4v) is 2.05. The van der Waals surface area contributed by atoms with Gasteiger partial charge in [0.25, 0.3) is 0 Å². The van der Waals surface area contributed by atoms with E-state index >= 15 is 0 Å². The molecule has 1 N–H and O–H groups in total. The van der Waals surface area contributed by atoms with Crippen LogP contribution in [-0.2, 0) is 6.54 Å². The van der Waals surface area contributed by atoms with E-state index in [-0.39, 0.29) is 0 Å². The Labute approximate surface area is 106 Å². The lowest BCUT2D eigenvalue weighted by Crippen LogP contribution is -2.04. The van der Waals surface area contributed by atoms with Crippen molar-refractivity contribution in [3.05, 3.63) is 46.4 Å². The van der Waals surface area contributed by atoms with Crippen LogP contribution in [0, 0.1) is 5.82 Å². The molecule has 2 rings (SSSR count). The van der Waals surface area contributed by atoms with Crippen molar-refractivity contribution < 1.29 is 17.9 Å². The SMILES string of the molecule is Fc1cc(NCc2cccs2)ccc1OC(F)F. The highest BCUT2D eigenvalue weighted by molar-refractivity contribution is 7.09. The van der Waals surface area contributed by atoms with Gasteiger partial charge in [-0.2, -0.15) is 8.78 Å². The molecule has 0 saturated carbocycles. The quantitative estimate of drug-likeness (QED) is 0.885. The highest BCUT2D eigenvalue weighted by atomic mass is 32.1. The van der Waals surface area contributed by atoms with E-state index < -0.39 is 18.2 Å². The molecule has 6 heteroatoms. The third-order valence-corrected chi connectivity index (χ3v) is 3.07. The Hall–Kier alpha value is -1.69. The first-order chi connectivity index (χ1) is 8.65. The van der Waals surface area contributed by atoms with Gasteiger partial charge in [0, 0.05) is 23.2 Å². The lowest BCUT2D eigenvalue weighted by Gasteiger charge is -2.08. The largest absolute Gasteiger partial charge is 0.432 e. The third-order valence-electron chi connectivity index (χ3n) is 2.19. The molecule has 0 aliphatic carbocycles. The van der Waals surface area contributed by atoms with E-state index in [0.29, 0.717) is 12.2 Å². The fourth-order valence-electron chi connectivity index (χ4n) is 1.40. The lowest BCUT2D eigenvalue weighted by atomic mass is 10.3. The van der Waals surface area contributed by atoms with Gasteiger partial charge >= 0.3 is 6.61 Å². The van der Waals surface area contributed by atoms with Crippen LogP contribution in [0.15, 0.2) is 35.7 Å². The maximum atomic E-state index is 13.4. The van der Waals surface area contributed by atoms with Gasteiger partial charge in [-0.1, -0.05) is 6.07 Å². The van der Waals surface area contributed by atoms with Crippen LogP contribution in [0.4, 0.5) is 18.9 Å². The summed E-state index contributed by atoms with van der Waals surface area (Å²) in [5, 5.41) is 4.94. The second-order valence-corrected chi connectivity index (χ2v) is 4.49. The van der Waals surface area contributed by atoms with Gasteiger partial charge in [0.15, 0.2) is 11.6 Å². The molecule has 0 radical (unpaired) electrons. The molecule has 1 aromatic heterocycles. The maximum Gasteiger partial charge on any atom is 0.387 e. The Balaban J connectivity index is 2.00. The molecule has 0 bridgehead atoms. The summed E-state index contributed by atoms with van der Waals surface area (Å²) in [6.45, 7) is -2.46. The van der Waals surface area contributed by atoms with Crippen molar-refractivity contribution in [2.45, 2.75) is 13.2 Å². The minimum Gasteiger partial charge on any atom is -0.432 e. The standard InChI is InChI=1S/C12H10F3NOS/c13-10-6-8(3-4-11(10)17-12(14)15)16-7-9-2-1-5-18-9/h1-6,12,16H,7H2. The highest BCUT2D eigenvalue weighted by Gasteiger charge is 2.10. The normalized spacial score (nSPS) is 10.7. The monoisotopic (exact) mass is 273 g/mol. The molecule has 0 unspecified atom stereocenters. The van der Waals surface area contributed by atoms with Crippen molar-refractivity contribution in [2.24, 2.45) is 0 Å². The minimum absolute atomic E-state index is 0.452. The van der Waals surface area contributed by atoms with Gasteiger partial charge in [-0.25, -0.2) is 4.39 Å². The summed E-state index contributed by atoms with van der Waals surface area (Å²) in [4.78, 5) is 1.10. The summed E-state index contributed by atoms with van der Waals surface area (Å²) in [6.07, 6.45) is 0. The average Bonchev–Trinajstić information content (AvgIpc) is 2.82. The zero-order valence-corrected chi connectivity index (χ0v) is 10.0. The Kier molecular flexibility index (Phi) is 4.09. The number of benzene rings is 1. The molecular weight excluding hydrogens is 263 g/mol. The molecular formula is C12H10F3NOS. The summed E-state index contributed by atoms with van der Waals surface area (Å²) in [6, 6.07) is 7.67. The van der Waals surface area contributed by atoms with Crippen molar-refractivity contribution in [1.29, 1.82) is 0 Å². The number of rotatable bonds is 5. The molecule has 96 valence electrons. The van der Waals surface area contributed by atoms with Crippen LogP contribution in [0.2, 0.25) is 0 Å². The number of hydrogen-bond donors (Lipinski definition) is 1. The van der Waals surface area contributed by atoms with Crippen LogP contribution in [0.25, 0.3) is 0 Å². The number of halogens is 3. The zero-order chi connectivity index (χ0) is 13.0. The zero-order valence-electron chi connectivity index (χ0n) is 9.20. The van der Waals surface area contributed by atoms with Gasteiger partial charge in [0.05, 0.1) is 0 Å². The van der Waals surface area contributed by atoms with Gasteiger partial charge in [-0.05, 0) is 23.6 Å². The molecule has 2 nitrogen and oxygen atoms in total. The molecule has 1 heterocycles. The Morgan fingerprint density at radius 1 is 1.28 bits per heavy atom. The molecule has 2 aromatic rings. The number of anilines is 1. The van der Waals surface area contributed by atoms with E-state index in [2.05, 4.69) is 10.1 Å². The van der Waals surface area contributed by atoms with Crippen LogP contribution in [0.3, 0.4) is 0 Å². The third kappa shape index (κ3) is 3.40. The Morgan fingerprint density at radius 3 is 2.72 bits per heavy atom. The van der Waals surface area contributed by atoms with Crippen LogP contribution in [-0.4, -0.2) is 6.61 Å². The van der Waals surface area contributed by atoms with Crippen molar-refractivity contribution in [3.63, 3.8) is 0 Å². The molecule has 0 atom stereocenters. The predicted molar refractivity (Wildman–Crippen MR) is 64.7 cm³/mol. The topological polar surface area (TPSA) is 21.3 Å². The van der Waals surface area contributed by atoms with Crippen LogP contribution < -0.4 is 10.1 Å². The first kappa shape index (κ1) is 12.8. The van der Waals surface area contributed by atoms with Gasteiger partial charge in [-0.15, -0.1) is 11.3 Å². The molecule has 0 amide bonds. The van der Waals surface area contributed by atoms with Crippen molar-refractivity contribution in [2.75, 3.05) is 5.32 Å². The van der Waals surface area contributed by atoms with Crippen LogP contribution in [0.1, 0.15) is 4.88 Å². The van der Waals surface area contributed by atoms with Gasteiger partial charge in [0.2, 0.25) is 0 Å². The van der Waals surface area contributed by atoms with E-state index in [4.69, 9.17) is 0 Å². The first-order valence-corrected chi connectivity index (χ1v) is 6.04. The molecule has 0 aliphatic rings. The second-order valence-electron chi connectivity index (χ2n) is 3.46. The van der Waals surface area contributed by atoms with E-state index in [1.54, 1.807) is 11.3 Å². The smallest absolute Gasteiger partial charge is 0.387 e. The van der Waals surface area contributed by atoms with E-state index in [1.807, 2.05) is 17.5 Å². The molecule has 0 aliphatic heterocycles. The van der Waals surface area contributed by atoms with E-state index in [1.165, 1.54) is 12.1 Å². The molecule has 0 fully saturated rings. The molecule has 1 aromatic carbocycles. The van der Waals surface area contributed by atoms with Gasteiger partial charge < -0.3 is 10.1 Å². The van der Waals surface area contributed by atoms with Crippen molar-refractivity contribution in [3.8, 4) is 5.75 Å². The lowest BCUT2D eigenvalue weighted by molar-refractivity contribution is -0.0521. The number of ether oxygens (including phenoxy) is 1. The molecule has 0 spiro atoms. The average molecular weight is 273 g/mol. The number of nitrogens with one attached hydrogen (secondary N) is 1. The molecule has 18 heavy (non-hydrogen) atoms. The summed E-state index contributed by atoms with van der Waals surface area (Å²) in [5.74, 6) is -1.27. The first-order valence-electron chi connectivity index (χ1n) is 5.16. The summed E-state index contributed by atoms with van der Waals surface area (Å²) in [7, 11) is 0. The van der Waals surface area contributed by atoms with E-state index in [9.17, 15) is 13.2 Å². The van der Waals surface area contributed by atoms with Gasteiger partial charge in [0.1, 0.15) is 0 Å². The van der Waals surface area contributed by atoms with Crippen LogP contribution >= 0.6 is 11.3 Å². The predicted octanol–water partition coefficient (Wildman–Crippen LogP) is 4.10. The van der Waals surface area contributed by atoms with Crippen molar-refractivity contribution in [1.82, 2.24) is 0 Å². The Bertz CT molecular complexity index is 502. The summed E-state index contributed by atoms with van der Waals surface area (Å²) < 4.78 is 41.3. The highest BCUT2D eigenvalue weighted by Crippen LogP contribution is 2.23. The second kappa shape index (κ2) is 5.77. The summed E-state index contributed by atoms with van der Waals surface area (Å²) in [5.41, 5.74) is 0.516. The Morgan fingerprint density at radius 2 is 2.11 bits per heavy atom. The maximum absolute atomic E-state index is 13.4. The van der Waals surface area contributed by atoms with E-state index in [0.717, 1.165) is 10.9 Å². The number of alkyl halides is 2. The summed E-state index contributed by atoms with van der Waals surface area (Å²) >= 11 is 1.58. The number of thiophene rings is 1.